The van der Waals surface area contributed by atoms with E-state index < -0.39 is 11.5 Å². The second-order valence-corrected chi connectivity index (χ2v) is 7.09. The molecule has 0 bridgehead atoms. The highest BCUT2D eigenvalue weighted by Gasteiger charge is 2.35. The van der Waals surface area contributed by atoms with Crippen molar-refractivity contribution < 1.29 is 18.7 Å². The quantitative estimate of drug-likeness (QED) is 0.815. The Labute approximate surface area is 161 Å². The van der Waals surface area contributed by atoms with Gasteiger partial charge in [0.05, 0.1) is 16.9 Å². The number of alkyl halides is 1. The van der Waals surface area contributed by atoms with Crippen molar-refractivity contribution in [1.29, 1.82) is 0 Å². The van der Waals surface area contributed by atoms with Crippen LogP contribution in [0.1, 0.15) is 28.9 Å². The maximum Gasteiger partial charge on any atom is 0.253 e. The van der Waals surface area contributed by atoms with Crippen LogP contribution in [-0.2, 0) is 6.54 Å². The van der Waals surface area contributed by atoms with E-state index in [1.807, 2.05) is 0 Å². The largest absolute Gasteiger partial charge is 0.506 e. The van der Waals surface area contributed by atoms with Gasteiger partial charge >= 0.3 is 0 Å². The molecule has 2 aromatic rings. The van der Waals surface area contributed by atoms with Crippen LogP contribution in [0.5, 0.6) is 5.75 Å². The van der Waals surface area contributed by atoms with Crippen LogP contribution in [0.2, 0.25) is 5.02 Å². The van der Waals surface area contributed by atoms with Gasteiger partial charge in [0.2, 0.25) is 0 Å². The lowest BCUT2D eigenvalue weighted by atomic mass is 9.92. The van der Waals surface area contributed by atoms with Crippen LogP contribution < -0.4 is 5.32 Å². The van der Waals surface area contributed by atoms with Crippen LogP contribution in [-0.4, -0.2) is 46.2 Å². The number of aromatic hydroxyl groups is 1. The first-order valence-electron chi connectivity index (χ1n) is 8.64. The summed E-state index contributed by atoms with van der Waals surface area (Å²) in [5, 5.41) is 12.1. The number of carbonyl (C=O) groups excluding carboxylic acids is 1. The summed E-state index contributed by atoms with van der Waals surface area (Å²) < 4.78 is 28.2. The number of rotatable bonds is 5. The topological polar surface area (TPSA) is 65.5 Å². The minimum absolute atomic E-state index is 0.0835. The van der Waals surface area contributed by atoms with Crippen molar-refractivity contribution in [1.82, 2.24) is 15.2 Å². The van der Waals surface area contributed by atoms with Gasteiger partial charge in [-0.25, -0.2) is 8.78 Å². The smallest absolute Gasteiger partial charge is 0.253 e. The van der Waals surface area contributed by atoms with Gasteiger partial charge in [0.15, 0.2) is 0 Å². The Kier molecular flexibility index (Phi) is 5.92. The van der Waals surface area contributed by atoms with E-state index in [2.05, 4.69) is 10.3 Å². The fourth-order valence-electron chi connectivity index (χ4n) is 3.03. The molecule has 1 aromatic carbocycles. The number of piperidine rings is 1. The van der Waals surface area contributed by atoms with Crippen molar-refractivity contribution in [3.05, 3.63) is 58.6 Å². The molecule has 3 rings (SSSR count). The third-order valence-corrected chi connectivity index (χ3v) is 4.96. The molecule has 0 unspecified atom stereocenters. The zero-order valence-electron chi connectivity index (χ0n) is 14.6. The number of amides is 1. The molecular formula is C19H20ClF2N3O2. The van der Waals surface area contributed by atoms with E-state index in [4.69, 9.17) is 11.6 Å². The molecule has 2 N–H and O–H groups in total. The van der Waals surface area contributed by atoms with Crippen molar-refractivity contribution in [3.63, 3.8) is 0 Å². The Morgan fingerprint density at radius 3 is 2.67 bits per heavy atom. The molecule has 144 valence electrons. The van der Waals surface area contributed by atoms with E-state index in [0.717, 1.165) is 6.07 Å². The fraction of sp³-hybridized carbons (Fsp3) is 0.368. The van der Waals surface area contributed by atoms with E-state index >= 15 is 0 Å². The summed E-state index contributed by atoms with van der Waals surface area (Å²) in [5.74, 6) is -0.774. The van der Waals surface area contributed by atoms with Crippen molar-refractivity contribution >= 4 is 17.5 Å². The van der Waals surface area contributed by atoms with E-state index in [1.54, 1.807) is 11.0 Å². The van der Waals surface area contributed by atoms with Crippen LogP contribution in [0.25, 0.3) is 0 Å². The maximum absolute atomic E-state index is 15.0. The molecule has 2 heterocycles. The zero-order chi connectivity index (χ0) is 19.4. The van der Waals surface area contributed by atoms with Gasteiger partial charge in [-0.05, 0) is 30.3 Å². The molecule has 0 radical (unpaired) electrons. The Morgan fingerprint density at radius 1 is 1.30 bits per heavy atom. The maximum atomic E-state index is 15.0. The summed E-state index contributed by atoms with van der Waals surface area (Å²) >= 11 is 5.73. The van der Waals surface area contributed by atoms with E-state index in [9.17, 15) is 18.7 Å². The lowest BCUT2D eigenvalue weighted by Gasteiger charge is -2.36. The van der Waals surface area contributed by atoms with Crippen molar-refractivity contribution in [2.24, 2.45) is 0 Å². The van der Waals surface area contributed by atoms with Crippen LogP contribution in [0.15, 0.2) is 36.5 Å². The van der Waals surface area contributed by atoms with Crippen LogP contribution >= 0.6 is 11.6 Å². The minimum atomic E-state index is -1.41. The molecule has 1 aromatic heterocycles. The van der Waals surface area contributed by atoms with Gasteiger partial charge in [-0.3, -0.25) is 9.78 Å². The fourth-order valence-corrected chi connectivity index (χ4v) is 3.22. The van der Waals surface area contributed by atoms with Crippen LogP contribution in [0.4, 0.5) is 8.78 Å². The highest BCUT2D eigenvalue weighted by molar-refractivity contribution is 6.31. The molecule has 8 heteroatoms. The number of hydrogen-bond donors (Lipinski definition) is 2. The Hall–Kier alpha value is -2.25. The molecule has 1 aliphatic rings. The summed E-state index contributed by atoms with van der Waals surface area (Å²) in [6.45, 7) is 1.11. The minimum Gasteiger partial charge on any atom is -0.506 e. The van der Waals surface area contributed by atoms with E-state index in [-0.39, 0.29) is 49.2 Å². The number of halogens is 3. The first-order chi connectivity index (χ1) is 12.9. The summed E-state index contributed by atoms with van der Waals surface area (Å²) in [6.07, 6.45) is 1.77. The lowest BCUT2D eigenvalue weighted by Crippen LogP contribution is -2.48. The Bertz CT molecular complexity index is 809. The molecule has 27 heavy (non-hydrogen) atoms. The van der Waals surface area contributed by atoms with Gasteiger partial charge in [0, 0.05) is 44.6 Å². The molecule has 0 saturated carbocycles. The van der Waals surface area contributed by atoms with Crippen molar-refractivity contribution in [3.8, 4) is 5.75 Å². The average Bonchev–Trinajstić information content (AvgIpc) is 2.66. The van der Waals surface area contributed by atoms with Crippen LogP contribution in [0, 0.1) is 5.82 Å². The molecule has 0 spiro atoms. The van der Waals surface area contributed by atoms with Gasteiger partial charge in [0.25, 0.3) is 5.91 Å². The summed E-state index contributed by atoms with van der Waals surface area (Å²) in [7, 11) is 0. The Balaban J connectivity index is 1.50. The molecule has 1 fully saturated rings. The Morgan fingerprint density at radius 2 is 2.04 bits per heavy atom. The number of hydrogen-bond acceptors (Lipinski definition) is 4. The lowest BCUT2D eigenvalue weighted by molar-refractivity contribution is 0.0434. The van der Waals surface area contributed by atoms with Gasteiger partial charge in [-0.1, -0.05) is 11.6 Å². The molecule has 1 aliphatic heterocycles. The summed E-state index contributed by atoms with van der Waals surface area (Å²) in [4.78, 5) is 18.1. The molecular weight excluding hydrogens is 376 g/mol. The summed E-state index contributed by atoms with van der Waals surface area (Å²) in [6, 6.07) is 7.03. The van der Waals surface area contributed by atoms with Crippen LogP contribution in [0.3, 0.4) is 0 Å². The third kappa shape index (κ3) is 4.93. The first-order valence-corrected chi connectivity index (χ1v) is 9.02. The van der Waals surface area contributed by atoms with Gasteiger partial charge in [-0.15, -0.1) is 0 Å². The molecule has 0 atom stereocenters. The van der Waals surface area contributed by atoms with Crippen molar-refractivity contribution in [2.75, 3.05) is 19.6 Å². The third-order valence-electron chi connectivity index (χ3n) is 4.67. The summed E-state index contributed by atoms with van der Waals surface area (Å²) in [5.41, 5.74) is -0.407. The number of aromatic nitrogens is 1. The van der Waals surface area contributed by atoms with Gasteiger partial charge in [-0.2, -0.15) is 0 Å². The standard InChI is InChI=1S/C19H20ClF2N3O2/c20-16-9-13(1-4-17(16)21)18(27)25-7-5-19(22,6-8-25)12-23-10-14-2-3-15(26)11-24-14/h1-4,9,11,23,26H,5-8,10,12H2. The predicted molar refractivity (Wildman–Crippen MR) is 98.0 cm³/mol. The zero-order valence-corrected chi connectivity index (χ0v) is 15.3. The predicted octanol–water partition coefficient (Wildman–Crippen LogP) is 3.31. The average molecular weight is 396 g/mol. The van der Waals surface area contributed by atoms with Gasteiger partial charge in [0.1, 0.15) is 17.2 Å². The SMILES string of the molecule is O=C(c1ccc(F)c(Cl)c1)N1CCC(F)(CNCc2ccc(O)cn2)CC1. The van der Waals surface area contributed by atoms with E-state index in [1.165, 1.54) is 24.4 Å². The monoisotopic (exact) mass is 395 g/mol. The number of pyridine rings is 1. The molecule has 0 aliphatic carbocycles. The highest BCUT2D eigenvalue weighted by Crippen LogP contribution is 2.27. The van der Waals surface area contributed by atoms with Gasteiger partial charge < -0.3 is 15.3 Å². The number of nitrogens with zero attached hydrogens (tertiary/aromatic N) is 2. The number of likely N-dealkylation sites (tertiary alicyclic amines) is 1. The second-order valence-electron chi connectivity index (χ2n) is 6.68. The molecule has 1 amide bonds. The second kappa shape index (κ2) is 8.19. The van der Waals surface area contributed by atoms with Crippen molar-refractivity contribution in [2.45, 2.75) is 25.1 Å². The number of benzene rings is 1. The number of nitrogens with one attached hydrogen (secondary N) is 1. The highest BCUT2D eigenvalue weighted by atomic mass is 35.5. The number of carbonyl (C=O) groups is 1. The first kappa shape index (κ1) is 19.5. The molecule has 5 nitrogen and oxygen atoms in total. The van der Waals surface area contributed by atoms with E-state index in [0.29, 0.717) is 17.8 Å². The molecule has 1 saturated heterocycles. The normalized spacial score (nSPS) is 16.3.